The van der Waals surface area contributed by atoms with Crippen molar-refractivity contribution in [1.82, 2.24) is 19.8 Å². The van der Waals surface area contributed by atoms with Gasteiger partial charge in [0.1, 0.15) is 5.82 Å². The quantitative estimate of drug-likeness (QED) is 0.795. The van der Waals surface area contributed by atoms with Gasteiger partial charge in [-0.1, -0.05) is 0 Å². The molecule has 2 heterocycles. The zero-order valence-corrected chi connectivity index (χ0v) is 10.7. The highest BCUT2D eigenvalue weighted by molar-refractivity contribution is 5.12. The van der Waals surface area contributed by atoms with Crippen molar-refractivity contribution in [2.24, 2.45) is 0 Å². The summed E-state index contributed by atoms with van der Waals surface area (Å²) < 4.78 is 0. The molecule has 1 unspecified atom stereocenters. The third-order valence-corrected chi connectivity index (χ3v) is 3.24. The molecule has 1 N–H and O–H groups in total. The Labute approximate surface area is 102 Å². The van der Waals surface area contributed by atoms with Crippen molar-refractivity contribution < 1.29 is 5.11 Å². The molecule has 0 aromatic carbocycles. The average molecular weight is 236 g/mol. The number of nitrogens with zero attached hydrogens (tertiary/aromatic N) is 4. The number of aliphatic hydroxyl groups is 1. The van der Waals surface area contributed by atoms with E-state index in [-0.39, 0.29) is 12.6 Å². The van der Waals surface area contributed by atoms with Gasteiger partial charge in [0.25, 0.3) is 0 Å². The van der Waals surface area contributed by atoms with Crippen LogP contribution in [0.3, 0.4) is 0 Å². The molecule has 1 aliphatic rings. The van der Waals surface area contributed by atoms with Crippen molar-refractivity contribution in [3.8, 4) is 0 Å². The van der Waals surface area contributed by atoms with E-state index in [1.54, 1.807) is 0 Å². The molecule has 1 aliphatic heterocycles. The molecule has 17 heavy (non-hydrogen) atoms. The molecule has 94 valence electrons. The van der Waals surface area contributed by atoms with Crippen LogP contribution in [0, 0.1) is 6.92 Å². The van der Waals surface area contributed by atoms with Crippen LogP contribution in [0.5, 0.6) is 0 Å². The molecule has 0 aliphatic carbocycles. The van der Waals surface area contributed by atoms with Crippen molar-refractivity contribution in [2.75, 3.05) is 33.7 Å². The monoisotopic (exact) mass is 236 g/mol. The summed E-state index contributed by atoms with van der Waals surface area (Å²) in [6.07, 6.45) is 0. The maximum atomic E-state index is 9.19. The number of aliphatic hydroxyl groups excluding tert-OH is 1. The molecular weight excluding hydrogens is 216 g/mol. The second kappa shape index (κ2) is 5.08. The van der Waals surface area contributed by atoms with Gasteiger partial charge in [0.05, 0.1) is 18.3 Å². The predicted molar refractivity (Wildman–Crippen MR) is 65.6 cm³/mol. The molecular formula is C12H20N4O. The standard InChI is InChI=1S/C12H20N4O/c1-9-6-10(8-17)14-12(13-9)11-7-15(2)4-5-16(11)3/h6,11,17H,4-5,7-8H2,1-3H3. The fraction of sp³-hybridized carbons (Fsp3) is 0.667. The first-order valence-electron chi connectivity index (χ1n) is 5.94. The summed E-state index contributed by atoms with van der Waals surface area (Å²) in [6.45, 7) is 4.95. The first-order chi connectivity index (χ1) is 8.10. The number of piperazine rings is 1. The molecule has 0 radical (unpaired) electrons. The molecule has 0 bridgehead atoms. The maximum absolute atomic E-state index is 9.19. The lowest BCUT2D eigenvalue weighted by Crippen LogP contribution is -2.45. The van der Waals surface area contributed by atoms with Crippen molar-refractivity contribution in [1.29, 1.82) is 0 Å². The van der Waals surface area contributed by atoms with Crippen LogP contribution >= 0.6 is 0 Å². The molecule has 1 saturated heterocycles. The minimum Gasteiger partial charge on any atom is -0.390 e. The molecule has 1 aromatic rings. The lowest BCUT2D eigenvalue weighted by molar-refractivity contribution is 0.109. The molecule has 2 rings (SSSR count). The number of aryl methyl sites for hydroxylation is 1. The van der Waals surface area contributed by atoms with E-state index in [4.69, 9.17) is 0 Å². The normalized spacial score (nSPS) is 22.9. The highest BCUT2D eigenvalue weighted by atomic mass is 16.3. The van der Waals surface area contributed by atoms with Crippen LogP contribution in [0.2, 0.25) is 0 Å². The summed E-state index contributed by atoms with van der Waals surface area (Å²) in [5.74, 6) is 0.822. The summed E-state index contributed by atoms with van der Waals surface area (Å²) in [5.41, 5.74) is 1.62. The Balaban J connectivity index is 2.28. The van der Waals surface area contributed by atoms with E-state index in [2.05, 4.69) is 33.9 Å². The van der Waals surface area contributed by atoms with E-state index in [1.165, 1.54) is 0 Å². The van der Waals surface area contributed by atoms with Gasteiger partial charge in [0.15, 0.2) is 0 Å². The Kier molecular flexibility index (Phi) is 3.71. The minimum absolute atomic E-state index is 0.0252. The van der Waals surface area contributed by atoms with Crippen LogP contribution < -0.4 is 0 Å². The smallest absolute Gasteiger partial charge is 0.147 e. The van der Waals surface area contributed by atoms with Gasteiger partial charge in [-0.2, -0.15) is 0 Å². The topological polar surface area (TPSA) is 52.5 Å². The average Bonchev–Trinajstić information content (AvgIpc) is 2.31. The van der Waals surface area contributed by atoms with Crippen molar-refractivity contribution in [3.63, 3.8) is 0 Å². The fourth-order valence-electron chi connectivity index (χ4n) is 2.18. The summed E-state index contributed by atoms with van der Waals surface area (Å²) in [7, 11) is 4.21. The Bertz CT molecular complexity index is 396. The largest absolute Gasteiger partial charge is 0.390 e. The zero-order valence-electron chi connectivity index (χ0n) is 10.7. The molecule has 0 spiro atoms. The minimum atomic E-state index is -0.0252. The number of hydrogen-bond donors (Lipinski definition) is 1. The third kappa shape index (κ3) is 2.80. The summed E-state index contributed by atoms with van der Waals surface area (Å²) >= 11 is 0. The molecule has 1 aromatic heterocycles. The Morgan fingerprint density at radius 2 is 2.12 bits per heavy atom. The van der Waals surface area contributed by atoms with Crippen LogP contribution in [0.1, 0.15) is 23.3 Å². The van der Waals surface area contributed by atoms with Crippen LogP contribution in [-0.2, 0) is 6.61 Å². The van der Waals surface area contributed by atoms with Crippen LogP contribution in [0.4, 0.5) is 0 Å². The molecule has 5 heteroatoms. The van der Waals surface area contributed by atoms with Gasteiger partial charge in [-0.15, -0.1) is 0 Å². The first-order valence-corrected chi connectivity index (χ1v) is 5.94. The number of hydrogen-bond acceptors (Lipinski definition) is 5. The predicted octanol–water partition coefficient (Wildman–Crippen LogP) is 0.196. The van der Waals surface area contributed by atoms with Gasteiger partial charge in [-0.05, 0) is 27.1 Å². The van der Waals surface area contributed by atoms with Crippen LogP contribution in [-0.4, -0.2) is 58.6 Å². The highest BCUT2D eigenvalue weighted by Crippen LogP contribution is 2.20. The van der Waals surface area contributed by atoms with E-state index in [0.717, 1.165) is 31.2 Å². The second-order valence-corrected chi connectivity index (χ2v) is 4.78. The lowest BCUT2D eigenvalue weighted by atomic mass is 10.1. The SMILES string of the molecule is Cc1cc(CO)nc(C2CN(C)CCN2C)n1. The van der Waals surface area contributed by atoms with Gasteiger partial charge < -0.3 is 10.0 Å². The number of likely N-dealkylation sites (N-methyl/N-ethyl adjacent to an activating group) is 2. The Hall–Kier alpha value is -1.04. The van der Waals surface area contributed by atoms with Gasteiger partial charge in [-0.25, -0.2) is 9.97 Å². The molecule has 1 atom stereocenters. The maximum Gasteiger partial charge on any atom is 0.147 e. The van der Waals surface area contributed by atoms with E-state index in [1.807, 2.05) is 13.0 Å². The number of aromatic nitrogens is 2. The van der Waals surface area contributed by atoms with Gasteiger partial charge in [0.2, 0.25) is 0 Å². The molecule has 5 nitrogen and oxygen atoms in total. The van der Waals surface area contributed by atoms with E-state index < -0.39 is 0 Å². The van der Waals surface area contributed by atoms with E-state index in [9.17, 15) is 5.11 Å². The fourth-order valence-corrected chi connectivity index (χ4v) is 2.18. The van der Waals surface area contributed by atoms with Crippen LogP contribution in [0.15, 0.2) is 6.07 Å². The molecule has 1 fully saturated rings. The van der Waals surface area contributed by atoms with Gasteiger partial charge >= 0.3 is 0 Å². The van der Waals surface area contributed by atoms with Gasteiger partial charge in [-0.3, -0.25) is 4.90 Å². The van der Waals surface area contributed by atoms with Crippen molar-refractivity contribution in [3.05, 3.63) is 23.3 Å². The third-order valence-electron chi connectivity index (χ3n) is 3.24. The highest BCUT2D eigenvalue weighted by Gasteiger charge is 2.26. The van der Waals surface area contributed by atoms with Crippen molar-refractivity contribution in [2.45, 2.75) is 19.6 Å². The summed E-state index contributed by atoms with van der Waals surface area (Å²) in [5, 5.41) is 9.19. The van der Waals surface area contributed by atoms with E-state index in [0.29, 0.717) is 5.69 Å². The summed E-state index contributed by atoms with van der Waals surface area (Å²) in [4.78, 5) is 13.5. The van der Waals surface area contributed by atoms with Gasteiger partial charge in [0, 0.05) is 25.3 Å². The first kappa shape index (κ1) is 12.4. The lowest BCUT2D eigenvalue weighted by Gasteiger charge is -2.36. The molecule has 0 saturated carbocycles. The zero-order chi connectivity index (χ0) is 12.4. The Morgan fingerprint density at radius 1 is 1.35 bits per heavy atom. The number of rotatable bonds is 2. The summed E-state index contributed by atoms with van der Waals surface area (Å²) in [6, 6.07) is 2.05. The second-order valence-electron chi connectivity index (χ2n) is 4.78. The van der Waals surface area contributed by atoms with E-state index >= 15 is 0 Å². The van der Waals surface area contributed by atoms with Crippen LogP contribution in [0.25, 0.3) is 0 Å². The molecule has 0 amide bonds. The van der Waals surface area contributed by atoms with Crippen molar-refractivity contribution >= 4 is 0 Å². The Morgan fingerprint density at radius 3 is 2.82 bits per heavy atom.